The Balaban J connectivity index is 1.47. The van der Waals surface area contributed by atoms with Gasteiger partial charge in [0.05, 0.1) is 11.7 Å². The SMILES string of the molecule is CC(O)[C@H]1CC[C@H]2C3CCC4C[C@](C)(O)CCC4(C4CC4)[C@H]3CC[C@]12C. The van der Waals surface area contributed by atoms with E-state index in [1.54, 1.807) is 0 Å². The first kappa shape index (κ1) is 18.0. The van der Waals surface area contributed by atoms with Crippen LogP contribution in [0.15, 0.2) is 0 Å². The summed E-state index contributed by atoms with van der Waals surface area (Å²) < 4.78 is 0. The topological polar surface area (TPSA) is 40.5 Å². The van der Waals surface area contributed by atoms with Crippen LogP contribution in [0.4, 0.5) is 0 Å². The van der Waals surface area contributed by atoms with Gasteiger partial charge in [-0.15, -0.1) is 0 Å². The fourth-order valence-corrected chi connectivity index (χ4v) is 9.42. The third-order valence-electron chi connectivity index (χ3n) is 10.5. The Hall–Kier alpha value is -0.0800. The predicted octanol–water partition coefficient (Wildman–Crippen LogP) is 5.17. The Morgan fingerprint density at radius 3 is 2.23 bits per heavy atom. The summed E-state index contributed by atoms with van der Waals surface area (Å²) in [5.74, 6) is 4.93. The summed E-state index contributed by atoms with van der Waals surface area (Å²) in [6.07, 6.45) is 14.3. The monoisotopic (exact) mass is 360 g/mol. The predicted molar refractivity (Wildman–Crippen MR) is 105 cm³/mol. The lowest BCUT2D eigenvalue weighted by molar-refractivity contribution is -0.166. The first-order valence-corrected chi connectivity index (χ1v) is 11.7. The molecule has 0 heterocycles. The maximum absolute atomic E-state index is 10.8. The van der Waals surface area contributed by atoms with E-state index in [1.807, 2.05) is 6.92 Å². The summed E-state index contributed by atoms with van der Waals surface area (Å²) in [5.41, 5.74) is 0.534. The van der Waals surface area contributed by atoms with Crippen LogP contribution in [0.5, 0.6) is 0 Å². The molecule has 5 saturated carbocycles. The first-order valence-electron chi connectivity index (χ1n) is 11.7. The maximum Gasteiger partial charge on any atom is 0.0622 e. The van der Waals surface area contributed by atoms with Crippen LogP contribution in [0.2, 0.25) is 0 Å². The van der Waals surface area contributed by atoms with Crippen molar-refractivity contribution in [2.45, 2.75) is 103 Å². The van der Waals surface area contributed by atoms with E-state index in [0.717, 1.165) is 42.4 Å². The fourth-order valence-electron chi connectivity index (χ4n) is 9.42. The molecule has 2 heteroatoms. The zero-order chi connectivity index (χ0) is 18.3. The maximum atomic E-state index is 10.8. The van der Waals surface area contributed by atoms with Gasteiger partial charge in [-0.1, -0.05) is 6.92 Å². The average Bonchev–Trinajstić information content (AvgIpc) is 3.35. The molecule has 0 aromatic carbocycles. The van der Waals surface area contributed by atoms with Crippen LogP contribution in [0.1, 0.15) is 91.4 Å². The molecule has 4 unspecified atom stereocenters. The summed E-state index contributed by atoms with van der Waals surface area (Å²) in [6.45, 7) is 6.66. The lowest BCUT2D eigenvalue weighted by atomic mass is 9.42. The number of aliphatic hydroxyl groups is 2. The highest BCUT2D eigenvalue weighted by Gasteiger charge is 2.65. The van der Waals surface area contributed by atoms with Gasteiger partial charge in [-0.05, 0) is 131 Å². The fraction of sp³-hybridized carbons (Fsp3) is 1.00. The molecule has 0 aromatic heterocycles. The number of rotatable bonds is 2. The van der Waals surface area contributed by atoms with Gasteiger partial charge in [0.25, 0.3) is 0 Å². The Morgan fingerprint density at radius 2 is 1.54 bits per heavy atom. The molecular weight excluding hydrogens is 320 g/mol. The van der Waals surface area contributed by atoms with E-state index in [0.29, 0.717) is 16.7 Å². The van der Waals surface area contributed by atoms with Gasteiger partial charge in [-0.2, -0.15) is 0 Å². The van der Waals surface area contributed by atoms with Crippen molar-refractivity contribution >= 4 is 0 Å². The number of aliphatic hydroxyl groups excluding tert-OH is 1. The Labute approximate surface area is 160 Å². The van der Waals surface area contributed by atoms with E-state index < -0.39 is 5.60 Å². The molecule has 0 amide bonds. The Bertz CT molecular complexity index is 565. The highest BCUT2D eigenvalue weighted by atomic mass is 16.3. The van der Waals surface area contributed by atoms with E-state index in [1.165, 1.54) is 57.8 Å². The minimum absolute atomic E-state index is 0.139. The molecule has 5 aliphatic carbocycles. The van der Waals surface area contributed by atoms with Crippen molar-refractivity contribution in [3.05, 3.63) is 0 Å². The molecule has 148 valence electrons. The second kappa shape index (κ2) is 5.72. The van der Waals surface area contributed by atoms with Crippen molar-refractivity contribution in [3.63, 3.8) is 0 Å². The van der Waals surface area contributed by atoms with Gasteiger partial charge in [0.1, 0.15) is 0 Å². The molecule has 0 spiro atoms. The van der Waals surface area contributed by atoms with Gasteiger partial charge in [-0.25, -0.2) is 0 Å². The van der Waals surface area contributed by atoms with E-state index >= 15 is 0 Å². The Morgan fingerprint density at radius 1 is 0.808 bits per heavy atom. The minimum Gasteiger partial charge on any atom is -0.393 e. The van der Waals surface area contributed by atoms with Gasteiger partial charge in [0.2, 0.25) is 0 Å². The minimum atomic E-state index is -0.413. The van der Waals surface area contributed by atoms with E-state index in [2.05, 4.69) is 13.8 Å². The zero-order valence-electron chi connectivity index (χ0n) is 17.2. The van der Waals surface area contributed by atoms with Gasteiger partial charge in [0.15, 0.2) is 0 Å². The number of hydrogen-bond acceptors (Lipinski definition) is 2. The van der Waals surface area contributed by atoms with Gasteiger partial charge < -0.3 is 10.2 Å². The molecule has 0 aromatic rings. The molecule has 5 fully saturated rings. The average molecular weight is 361 g/mol. The molecule has 0 saturated heterocycles. The number of hydrogen-bond donors (Lipinski definition) is 2. The summed E-state index contributed by atoms with van der Waals surface area (Å²) in [7, 11) is 0. The van der Waals surface area contributed by atoms with Crippen molar-refractivity contribution in [2.24, 2.45) is 46.3 Å². The van der Waals surface area contributed by atoms with Crippen molar-refractivity contribution in [1.29, 1.82) is 0 Å². The molecule has 5 rings (SSSR count). The summed E-state index contributed by atoms with van der Waals surface area (Å²) >= 11 is 0. The molecule has 5 aliphatic rings. The van der Waals surface area contributed by atoms with E-state index in [9.17, 15) is 10.2 Å². The second-order valence-corrected chi connectivity index (χ2v) is 11.7. The number of fused-ring (bicyclic) bond motifs is 5. The molecule has 9 atom stereocenters. The van der Waals surface area contributed by atoms with Crippen molar-refractivity contribution < 1.29 is 10.2 Å². The third kappa shape index (κ3) is 2.36. The molecule has 2 nitrogen and oxygen atoms in total. The van der Waals surface area contributed by atoms with Crippen molar-refractivity contribution in [1.82, 2.24) is 0 Å². The van der Waals surface area contributed by atoms with Crippen LogP contribution in [-0.4, -0.2) is 21.9 Å². The normalized spacial score (nSPS) is 57.8. The van der Waals surface area contributed by atoms with E-state index in [4.69, 9.17) is 0 Å². The van der Waals surface area contributed by atoms with Crippen LogP contribution < -0.4 is 0 Å². The molecule has 2 N–H and O–H groups in total. The standard InChI is InChI=1S/C24H40O2/c1-15(25)19-8-9-20-18-7-6-17-14-22(2,26)12-13-24(17,16-4-5-16)21(18)10-11-23(19,20)3/h15-21,25-26H,4-14H2,1-3H3/t15?,17?,18?,19-,20+,21+,22-,23-,24?/m1/s1. The molecule has 0 radical (unpaired) electrons. The van der Waals surface area contributed by atoms with Crippen LogP contribution >= 0.6 is 0 Å². The molecule has 0 bridgehead atoms. The summed E-state index contributed by atoms with van der Waals surface area (Å²) in [4.78, 5) is 0. The van der Waals surface area contributed by atoms with E-state index in [-0.39, 0.29) is 6.10 Å². The molecular formula is C24H40O2. The van der Waals surface area contributed by atoms with Gasteiger partial charge >= 0.3 is 0 Å². The third-order valence-corrected chi connectivity index (χ3v) is 10.5. The lowest BCUT2D eigenvalue weighted by Crippen LogP contribution is -2.57. The quantitative estimate of drug-likeness (QED) is 0.713. The smallest absolute Gasteiger partial charge is 0.0622 e. The van der Waals surface area contributed by atoms with Crippen molar-refractivity contribution in [3.8, 4) is 0 Å². The summed E-state index contributed by atoms with van der Waals surface area (Å²) in [6, 6.07) is 0. The van der Waals surface area contributed by atoms with Gasteiger partial charge in [-0.3, -0.25) is 0 Å². The largest absolute Gasteiger partial charge is 0.393 e. The highest BCUT2D eigenvalue weighted by molar-refractivity contribution is 5.14. The zero-order valence-corrected chi connectivity index (χ0v) is 17.2. The Kier molecular flexibility index (Phi) is 3.96. The van der Waals surface area contributed by atoms with Crippen LogP contribution in [0.25, 0.3) is 0 Å². The highest BCUT2D eigenvalue weighted by Crippen LogP contribution is 2.72. The van der Waals surface area contributed by atoms with Crippen LogP contribution in [-0.2, 0) is 0 Å². The molecule has 0 aliphatic heterocycles. The second-order valence-electron chi connectivity index (χ2n) is 11.7. The lowest BCUT2D eigenvalue weighted by Gasteiger charge is -2.63. The van der Waals surface area contributed by atoms with Crippen molar-refractivity contribution in [2.75, 3.05) is 0 Å². The van der Waals surface area contributed by atoms with Gasteiger partial charge in [0, 0.05) is 0 Å². The first-order chi connectivity index (χ1) is 12.3. The van der Waals surface area contributed by atoms with Crippen LogP contribution in [0.3, 0.4) is 0 Å². The summed E-state index contributed by atoms with van der Waals surface area (Å²) in [5, 5.41) is 21.2. The molecule has 26 heavy (non-hydrogen) atoms. The van der Waals surface area contributed by atoms with Crippen LogP contribution in [0, 0.1) is 46.3 Å².